The van der Waals surface area contributed by atoms with Crippen molar-refractivity contribution in [1.82, 2.24) is 10.6 Å². The largest absolute Gasteiger partial charge is 0.373 e. The van der Waals surface area contributed by atoms with Crippen LogP contribution in [-0.4, -0.2) is 31.3 Å². The molecule has 0 saturated carbocycles. The fraction of sp³-hybridized carbons (Fsp3) is 0.649. The highest BCUT2D eigenvalue weighted by atomic mass is 16.5. The molecule has 0 radical (unpaired) electrons. The van der Waals surface area contributed by atoms with E-state index in [0.717, 1.165) is 32.2 Å². The Kier molecular flexibility index (Phi) is 17.3. The maximum Gasteiger partial charge on any atom is 0.314 e. The number of nitrogens with one attached hydrogen (secondary N) is 2. The van der Waals surface area contributed by atoms with Crippen molar-refractivity contribution in [2.75, 3.05) is 13.1 Å². The SMILES string of the molecule is CCCCCCCCCCCCCCCCCCNC(=O)NC[C@@H]1CC[C@@H](Cc2ccc(-c3ccccc3)cc2)O1. The number of amides is 2. The monoisotopic (exact) mass is 562 g/mol. The first-order valence-electron chi connectivity index (χ1n) is 17.1. The Bertz CT molecular complexity index is 914. The fourth-order valence-electron chi connectivity index (χ4n) is 5.95. The minimum atomic E-state index is -0.0606. The Morgan fingerprint density at radius 1 is 0.634 bits per heavy atom. The third kappa shape index (κ3) is 14.9. The lowest BCUT2D eigenvalue weighted by Crippen LogP contribution is -2.40. The molecule has 3 rings (SSSR count). The quantitative estimate of drug-likeness (QED) is 0.140. The number of hydrogen-bond acceptors (Lipinski definition) is 2. The summed E-state index contributed by atoms with van der Waals surface area (Å²) < 4.78 is 6.23. The lowest BCUT2D eigenvalue weighted by molar-refractivity contribution is 0.0472. The van der Waals surface area contributed by atoms with Gasteiger partial charge in [0.25, 0.3) is 0 Å². The van der Waals surface area contributed by atoms with Gasteiger partial charge in [-0.1, -0.05) is 158 Å². The molecule has 1 fully saturated rings. The molecule has 41 heavy (non-hydrogen) atoms. The molecule has 0 bridgehead atoms. The number of carbonyl (C=O) groups is 1. The molecule has 2 aromatic carbocycles. The molecule has 2 atom stereocenters. The summed E-state index contributed by atoms with van der Waals surface area (Å²) in [5.74, 6) is 0. The number of carbonyl (C=O) groups excluding carboxylic acids is 1. The molecule has 2 aromatic rings. The van der Waals surface area contributed by atoms with Crippen LogP contribution in [0.25, 0.3) is 11.1 Å². The van der Waals surface area contributed by atoms with Gasteiger partial charge in [0.2, 0.25) is 0 Å². The first-order chi connectivity index (χ1) is 20.2. The van der Waals surface area contributed by atoms with E-state index in [2.05, 4.69) is 66.1 Å². The third-order valence-electron chi connectivity index (χ3n) is 8.53. The summed E-state index contributed by atoms with van der Waals surface area (Å²) >= 11 is 0. The molecule has 4 heteroatoms. The molecule has 0 aromatic heterocycles. The van der Waals surface area contributed by atoms with E-state index in [1.54, 1.807) is 0 Å². The zero-order valence-corrected chi connectivity index (χ0v) is 26.0. The maximum atomic E-state index is 12.2. The Balaban J connectivity index is 1.10. The molecule has 0 unspecified atom stereocenters. The van der Waals surface area contributed by atoms with Gasteiger partial charge < -0.3 is 15.4 Å². The van der Waals surface area contributed by atoms with E-state index in [1.807, 2.05) is 6.07 Å². The van der Waals surface area contributed by atoms with Gasteiger partial charge in [0.1, 0.15) is 0 Å². The van der Waals surface area contributed by atoms with E-state index in [4.69, 9.17) is 4.74 Å². The van der Waals surface area contributed by atoms with Gasteiger partial charge in [-0.2, -0.15) is 0 Å². The molecule has 0 aliphatic carbocycles. The topological polar surface area (TPSA) is 50.4 Å². The van der Waals surface area contributed by atoms with Crippen molar-refractivity contribution in [3.8, 4) is 11.1 Å². The van der Waals surface area contributed by atoms with Crippen molar-refractivity contribution >= 4 is 6.03 Å². The first-order valence-corrected chi connectivity index (χ1v) is 17.1. The summed E-state index contributed by atoms with van der Waals surface area (Å²) in [6, 6.07) is 19.2. The average Bonchev–Trinajstić information content (AvgIpc) is 3.45. The van der Waals surface area contributed by atoms with Crippen LogP contribution in [0.1, 0.15) is 128 Å². The lowest BCUT2D eigenvalue weighted by atomic mass is 10.0. The summed E-state index contributed by atoms with van der Waals surface area (Å²) in [5.41, 5.74) is 3.80. The normalized spacial score (nSPS) is 16.6. The summed E-state index contributed by atoms with van der Waals surface area (Å²) in [6.45, 7) is 3.64. The van der Waals surface area contributed by atoms with Crippen molar-refractivity contribution in [3.63, 3.8) is 0 Å². The van der Waals surface area contributed by atoms with Crippen molar-refractivity contribution in [3.05, 3.63) is 60.2 Å². The number of benzene rings is 2. The zero-order valence-electron chi connectivity index (χ0n) is 26.0. The summed E-state index contributed by atoms with van der Waals surface area (Å²) in [4.78, 5) is 12.2. The van der Waals surface area contributed by atoms with Gasteiger partial charge in [0.05, 0.1) is 12.2 Å². The van der Waals surface area contributed by atoms with Crippen LogP contribution in [0.5, 0.6) is 0 Å². The Labute approximate surface area is 251 Å². The predicted molar refractivity (Wildman–Crippen MR) is 174 cm³/mol. The van der Waals surface area contributed by atoms with Gasteiger partial charge in [0, 0.05) is 13.1 Å². The number of urea groups is 1. The van der Waals surface area contributed by atoms with Gasteiger partial charge in [-0.25, -0.2) is 4.79 Å². The van der Waals surface area contributed by atoms with E-state index in [0.29, 0.717) is 6.54 Å². The van der Waals surface area contributed by atoms with Gasteiger partial charge in [-0.3, -0.25) is 0 Å². The standard InChI is InChI=1S/C37H58N2O2/c1-2-3-4-5-6-7-8-9-10-11-12-13-14-15-16-20-29-38-37(40)39-31-36-28-27-35(41-36)30-32-23-25-34(26-24-32)33-21-18-17-19-22-33/h17-19,21-26,35-36H,2-16,20,27-31H2,1H3,(H2,38,39,40)/t35-,36-/m0/s1. The molecule has 228 valence electrons. The van der Waals surface area contributed by atoms with Crippen LogP contribution >= 0.6 is 0 Å². The van der Waals surface area contributed by atoms with Crippen LogP contribution < -0.4 is 10.6 Å². The van der Waals surface area contributed by atoms with E-state index >= 15 is 0 Å². The van der Waals surface area contributed by atoms with Crippen molar-refractivity contribution in [1.29, 1.82) is 0 Å². The van der Waals surface area contributed by atoms with E-state index in [1.165, 1.54) is 113 Å². The third-order valence-corrected chi connectivity index (χ3v) is 8.53. The summed E-state index contributed by atoms with van der Waals surface area (Å²) in [5, 5.41) is 6.03. The molecule has 1 aliphatic heterocycles. The van der Waals surface area contributed by atoms with E-state index in [-0.39, 0.29) is 18.2 Å². The molecular formula is C37H58N2O2. The van der Waals surface area contributed by atoms with Crippen LogP contribution in [0, 0.1) is 0 Å². The van der Waals surface area contributed by atoms with Crippen molar-refractivity contribution in [2.24, 2.45) is 0 Å². The Hall–Kier alpha value is -2.33. The van der Waals surface area contributed by atoms with Gasteiger partial charge in [0.15, 0.2) is 0 Å². The van der Waals surface area contributed by atoms with Crippen molar-refractivity contribution in [2.45, 2.75) is 141 Å². The second-order valence-electron chi connectivity index (χ2n) is 12.2. The smallest absolute Gasteiger partial charge is 0.314 e. The average molecular weight is 563 g/mol. The number of hydrogen-bond donors (Lipinski definition) is 2. The molecule has 1 saturated heterocycles. The minimum absolute atomic E-state index is 0.0606. The fourth-order valence-corrected chi connectivity index (χ4v) is 5.95. The highest BCUT2D eigenvalue weighted by Crippen LogP contribution is 2.25. The van der Waals surface area contributed by atoms with Crippen LogP contribution in [-0.2, 0) is 11.2 Å². The molecule has 4 nitrogen and oxygen atoms in total. The van der Waals surface area contributed by atoms with Crippen LogP contribution in [0.15, 0.2) is 54.6 Å². The predicted octanol–water partition coefficient (Wildman–Crippen LogP) is 10.0. The van der Waals surface area contributed by atoms with Gasteiger partial charge >= 0.3 is 6.03 Å². The number of unbranched alkanes of at least 4 members (excludes halogenated alkanes) is 15. The lowest BCUT2D eigenvalue weighted by Gasteiger charge is -2.15. The minimum Gasteiger partial charge on any atom is -0.373 e. The summed E-state index contributed by atoms with van der Waals surface area (Å²) in [6.07, 6.45) is 25.2. The number of rotatable bonds is 22. The molecule has 1 heterocycles. The molecule has 2 N–H and O–H groups in total. The Morgan fingerprint density at radius 2 is 1.15 bits per heavy atom. The second kappa shape index (κ2) is 21.4. The molecule has 1 aliphatic rings. The zero-order chi connectivity index (χ0) is 28.8. The highest BCUT2D eigenvalue weighted by molar-refractivity contribution is 5.73. The molecule has 0 spiro atoms. The van der Waals surface area contributed by atoms with Crippen molar-refractivity contribution < 1.29 is 9.53 Å². The summed E-state index contributed by atoms with van der Waals surface area (Å²) in [7, 11) is 0. The Morgan fingerprint density at radius 3 is 1.73 bits per heavy atom. The van der Waals surface area contributed by atoms with Crippen LogP contribution in [0.3, 0.4) is 0 Å². The van der Waals surface area contributed by atoms with Gasteiger partial charge in [-0.05, 0) is 42.4 Å². The first kappa shape index (κ1) is 33.2. The highest BCUT2D eigenvalue weighted by Gasteiger charge is 2.25. The van der Waals surface area contributed by atoms with E-state index < -0.39 is 0 Å². The molecular weight excluding hydrogens is 504 g/mol. The number of ether oxygens (including phenoxy) is 1. The van der Waals surface area contributed by atoms with Crippen LogP contribution in [0.2, 0.25) is 0 Å². The van der Waals surface area contributed by atoms with Crippen LogP contribution in [0.4, 0.5) is 4.79 Å². The maximum absolute atomic E-state index is 12.2. The molecule has 2 amide bonds. The second-order valence-corrected chi connectivity index (χ2v) is 12.2. The van der Waals surface area contributed by atoms with Gasteiger partial charge in [-0.15, -0.1) is 0 Å². The van der Waals surface area contributed by atoms with E-state index in [9.17, 15) is 4.79 Å².